The standard InChI is InChI=1S/C40H39N3O4/c1-46-35-23-21-33(22-24-35)29-43-39(44)36-19-11-20-37(47-30-34-17-9-4-10-18-34)38(36)42(40(43)45)26-12-25-41(27-31-13-5-2-6-14-31)28-32-15-7-3-8-16-32/h2-11,13-24H,12,25-30H2,1H3. The fraction of sp³-hybridized carbons (Fsp3) is 0.200. The van der Waals surface area contributed by atoms with Gasteiger partial charge in [-0.3, -0.25) is 18.8 Å². The van der Waals surface area contributed by atoms with Crippen molar-refractivity contribution in [3.05, 3.63) is 177 Å². The molecule has 0 aliphatic heterocycles. The molecule has 0 aliphatic rings. The van der Waals surface area contributed by atoms with Crippen LogP contribution in [0, 0.1) is 0 Å². The van der Waals surface area contributed by atoms with Crippen LogP contribution in [-0.2, 0) is 32.8 Å². The molecule has 0 aliphatic carbocycles. The Labute approximate surface area is 274 Å². The Kier molecular flexibility index (Phi) is 10.3. The van der Waals surface area contributed by atoms with Gasteiger partial charge in [-0.2, -0.15) is 0 Å². The molecule has 0 atom stereocenters. The predicted octanol–water partition coefficient (Wildman–Crippen LogP) is 6.89. The Hall–Kier alpha value is -5.40. The second-order valence-electron chi connectivity index (χ2n) is 11.6. The van der Waals surface area contributed by atoms with E-state index in [2.05, 4.69) is 53.4 Å². The molecule has 6 aromatic rings. The van der Waals surface area contributed by atoms with Gasteiger partial charge >= 0.3 is 5.69 Å². The van der Waals surface area contributed by atoms with E-state index in [-0.39, 0.29) is 17.8 Å². The SMILES string of the molecule is COc1ccc(Cn2c(=O)c3cccc(OCc4ccccc4)c3n(CCCN(Cc3ccccc3)Cc3ccccc3)c2=O)cc1. The fourth-order valence-electron chi connectivity index (χ4n) is 5.91. The molecule has 0 bridgehead atoms. The number of hydrogen-bond donors (Lipinski definition) is 0. The lowest BCUT2D eigenvalue weighted by Crippen LogP contribution is -2.41. The molecule has 47 heavy (non-hydrogen) atoms. The van der Waals surface area contributed by atoms with Gasteiger partial charge in [-0.05, 0) is 52.9 Å². The largest absolute Gasteiger partial charge is 0.497 e. The molecule has 6 rings (SSSR count). The number of fused-ring (bicyclic) bond motifs is 1. The number of methoxy groups -OCH3 is 1. The summed E-state index contributed by atoms with van der Waals surface area (Å²) in [6.07, 6.45) is 0.697. The molecule has 0 N–H and O–H groups in total. The van der Waals surface area contributed by atoms with Crippen LogP contribution >= 0.6 is 0 Å². The maximum Gasteiger partial charge on any atom is 0.331 e. The van der Waals surface area contributed by atoms with Gasteiger partial charge in [0.15, 0.2) is 0 Å². The summed E-state index contributed by atoms with van der Waals surface area (Å²) in [7, 11) is 1.61. The highest BCUT2D eigenvalue weighted by Gasteiger charge is 2.18. The summed E-state index contributed by atoms with van der Waals surface area (Å²) < 4.78 is 14.6. The molecule has 0 fully saturated rings. The van der Waals surface area contributed by atoms with E-state index in [0.29, 0.717) is 42.0 Å². The molecule has 7 heteroatoms. The molecule has 0 saturated carbocycles. The lowest BCUT2D eigenvalue weighted by atomic mass is 10.1. The minimum atomic E-state index is -0.355. The van der Waals surface area contributed by atoms with Crippen LogP contribution < -0.4 is 20.7 Å². The van der Waals surface area contributed by atoms with Crippen molar-refractivity contribution in [3.63, 3.8) is 0 Å². The lowest BCUT2D eigenvalue weighted by molar-refractivity contribution is 0.248. The van der Waals surface area contributed by atoms with Crippen molar-refractivity contribution in [1.82, 2.24) is 14.0 Å². The van der Waals surface area contributed by atoms with E-state index < -0.39 is 0 Å². The van der Waals surface area contributed by atoms with E-state index in [4.69, 9.17) is 9.47 Å². The summed E-state index contributed by atoms with van der Waals surface area (Å²) in [5, 5.41) is 0.453. The van der Waals surface area contributed by atoms with Crippen LogP contribution in [0.2, 0.25) is 0 Å². The van der Waals surface area contributed by atoms with Gasteiger partial charge < -0.3 is 9.47 Å². The van der Waals surface area contributed by atoms with E-state index in [1.807, 2.05) is 78.9 Å². The first-order valence-electron chi connectivity index (χ1n) is 16.0. The van der Waals surface area contributed by atoms with Crippen LogP contribution in [0.3, 0.4) is 0 Å². The number of aromatic nitrogens is 2. The van der Waals surface area contributed by atoms with Gasteiger partial charge in [-0.25, -0.2) is 4.79 Å². The van der Waals surface area contributed by atoms with Gasteiger partial charge in [0.25, 0.3) is 5.56 Å². The Bertz CT molecular complexity index is 1960. The minimum Gasteiger partial charge on any atom is -0.497 e. The van der Waals surface area contributed by atoms with E-state index >= 15 is 0 Å². The van der Waals surface area contributed by atoms with Crippen molar-refractivity contribution < 1.29 is 9.47 Å². The van der Waals surface area contributed by atoms with Crippen molar-refractivity contribution in [1.29, 1.82) is 0 Å². The highest BCUT2D eigenvalue weighted by Crippen LogP contribution is 2.24. The van der Waals surface area contributed by atoms with Crippen LogP contribution in [0.5, 0.6) is 11.5 Å². The smallest absolute Gasteiger partial charge is 0.331 e. The van der Waals surface area contributed by atoms with Gasteiger partial charge in [-0.15, -0.1) is 0 Å². The number of para-hydroxylation sites is 1. The minimum absolute atomic E-state index is 0.154. The first-order valence-corrected chi connectivity index (χ1v) is 16.0. The Morgan fingerprint density at radius 2 is 1.21 bits per heavy atom. The van der Waals surface area contributed by atoms with E-state index in [1.54, 1.807) is 17.7 Å². The van der Waals surface area contributed by atoms with Crippen LogP contribution in [-0.4, -0.2) is 27.7 Å². The van der Waals surface area contributed by atoms with Crippen LogP contribution in [0.15, 0.2) is 143 Å². The lowest BCUT2D eigenvalue weighted by Gasteiger charge is -2.23. The molecule has 238 valence electrons. The number of ether oxygens (including phenoxy) is 2. The average Bonchev–Trinajstić information content (AvgIpc) is 3.12. The maximum atomic E-state index is 14.2. The Balaban J connectivity index is 1.34. The first kappa shape index (κ1) is 31.6. The summed E-state index contributed by atoms with van der Waals surface area (Å²) in [6.45, 7) is 3.22. The normalized spacial score (nSPS) is 11.2. The zero-order valence-corrected chi connectivity index (χ0v) is 26.6. The molecule has 1 heterocycles. The van der Waals surface area contributed by atoms with Crippen LogP contribution in [0.25, 0.3) is 10.9 Å². The number of benzene rings is 5. The van der Waals surface area contributed by atoms with Crippen molar-refractivity contribution in [2.45, 2.75) is 39.2 Å². The summed E-state index contributed by atoms with van der Waals surface area (Å²) in [6, 6.07) is 43.6. The maximum absolute atomic E-state index is 14.2. The summed E-state index contributed by atoms with van der Waals surface area (Å²) in [5.41, 5.74) is 4.14. The van der Waals surface area contributed by atoms with E-state index in [1.165, 1.54) is 15.7 Å². The van der Waals surface area contributed by atoms with Gasteiger partial charge in [0.1, 0.15) is 23.6 Å². The van der Waals surface area contributed by atoms with Gasteiger partial charge in [-0.1, -0.05) is 109 Å². The van der Waals surface area contributed by atoms with Crippen molar-refractivity contribution in [2.75, 3.05) is 13.7 Å². The quantitative estimate of drug-likeness (QED) is 0.132. The molecule has 0 radical (unpaired) electrons. The highest BCUT2D eigenvalue weighted by atomic mass is 16.5. The first-order chi connectivity index (χ1) is 23.1. The third-order valence-corrected chi connectivity index (χ3v) is 8.30. The molecular formula is C40H39N3O4. The highest BCUT2D eigenvalue weighted by molar-refractivity contribution is 5.84. The fourth-order valence-corrected chi connectivity index (χ4v) is 5.91. The molecule has 7 nitrogen and oxygen atoms in total. The van der Waals surface area contributed by atoms with E-state index in [9.17, 15) is 9.59 Å². The molecule has 1 aromatic heterocycles. The van der Waals surface area contributed by atoms with Crippen molar-refractivity contribution in [2.24, 2.45) is 0 Å². The zero-order chi connectivity index (χ0) is 32.4. The van der Waals surface area contributed by atoms with Crippen molar-refractivity contribution in [3.8, 4) is 11.5 Å². The number of nitrogens with zero attached hydrogens (tertiary/aromatic N) is 3. The van der Waals surface area contributed by atoms with Crippen LogP contribution in [0.1, 0.15) is 28.7 Å². The second-order valence-corrected chi connectivity index (χ2v) is 11.6. The summed E-state index contributed by atoms with van der Waals surface area (Å²) in [4.78, 5) is 30.6. The number of hydrogen-bond acceptors (Lipinski definition) is 5. The van der Waals surface area contributed by atoms with Gasteiger partial charge in [0.05, 0.1) is 19.0 Å². The zero-order valence-electron chi connectivity index (χ0n) is 26.6. The molecule has 0 unspecified atom stereocenters. The molecule has 0 saturated heterocycles. The average molecular weight is 626 g/mol. The molecule has 5 aromatic carbocycles. The van der Waals surface area contributed by atoms with Crippen molar-refractivity contribution >= 4 is 10.9 Å². The predicted molar refractivity (Wildman–Crippen MR) is 187 cm³/mol. The Morgan fingerprint density at radius 3 is 1.81 bits per heavy atom. The topological polar surface area (TPSA) is 65.7 Å². The van der Waals surface area contributed by atoms with Crippen LogP contribution in [0.4, 0.5) is 0 Å². The second kappa shape index (κ2) is 15.3. The third-order valence-electron chi connectivity index (χ3n) is 8.30. The van der Waals surface area contributed by atoms with Gasteiger partial charge in [0, 0.05) is 26.2 Å². The Morgan fingerprint density at radius 1 is 0.617 bits per heavy atom. The monoisotopic (exact) mass is 625 g/mol. The molecule has 0 amide bonds. The molecular weight excluding hydrogens is 586 g/mol. The van der Waals surface area contributed by atoms with E-state index in [0.717, 1.165) is 30.8 Å². The summed E-state index contributed by atoms with van der Waals surface area (Å²) >= 11 is 0. The molecule has 0 spiro atoms. The van der Waals surface area contributed by atoms with Gasteiger partial charge in [0.2, 0.25) is 0 Å². The summed E-state index contributed by atoms with van der Waals surface area (Å²) in [5.74, 6) is 1.23. The number of aryl methyl sites for hydroxylation is 1. The third kappa shape index (κ3) is 7.88. The number of rotatable bonds is 14.